The molecule has 3 aromatic rings. The van der Waals surface area contributed by atoms with E-state index in [0.717, 1.165) is 66.6 Å². The molecule has 2 aromatic carbocycles. The van der Waals surface area contributed by atoms with Crippen molar-refractivity contribution in [2.24, 2.45) is 0 Å². The summed E-state index contributed by atoms with van der Waals surface area (Å²) in [5, 5.41) is 9.82. The molecule has 3 N–H and O–H groups in total. The number of methoxy groups -OCH3 is 1. The molecule has 0 unspecified atom stereocenters. The third-order valence-corrected chi connectivity index (χ3v) is 6.04. The summed E-state index contributed by atoms with van der Waals surface area (Å²) in [6.07, 6.45) is 0.480. The highest BCUT2D eigenvalue weighted by Gasteiger charge is 2.30. The number of nitrogens with two attached hydrogens (primary N) is 1. The van der Waals surface area contributed by atoms with Crippen LogP contribution in [-0.2, 0) is 25.6 Å². The predicted molar refractivity (Wildman–Crippen MR) is 121 cm³/mol. The molecule has 1 heterocycles. The standard InChI is InChI=1S/C26H24F3N3O2/c1-33-23-13-17(24-19-8-3-2-4-9-21(19)32-25(31)20(24)14-30)10-11-22(23)34-15-16-6-5-7-18(12-16)26(27,28)29/h5-7,10-13H,2-4,8-9,15H2,1H3,(H2,31,32)/p+1. The number of anilines is 1. The Bertz CT molecular complexity index is 1250. The topological polar surface area (TPSA) is 82.4 Å². The molecule has 0 radical (unpaired) electrons. The molecule has 0 fully saturated rings. The second-order valence-corrected chi connectivity index (χ2v) is 8.27. The van der Waals surface area contributed by atoms with E-state index >= 15 is 0 Å². The number of alkyl halides is 3. The van der Waals surface area contributed by atoms with E-state index in [1.807, 2.05) is 6.07 Å². The molecular weight excluding hydrogens is 443 g/mol. The van der Waals surface area contributed by atoms with Crippen molar-refractivity contribution in [3.8, 4) is 28.7 Å². The van der Waals surface area contributed by atoms with Gasteiger partial charge in [-0.2, -0.15) is 18.4 Å². The summed E-state index contributed by atoms with van der Waals surface area (Å²) in [6, 6.07) is 12.6. The number of nitriles is 1. The van der Waals surface area contributed by atoms with Gasteiger partial charge in [0.2, 0.25) is 0 Å². The molecule has 5 nitrogen and oxygen atoms in total. The number of hydrogen-bond donors (Lipinski definition) is 1. The number of ether oxygens (including phenoxy) is 2. The quantitative estimate of drug-likeness (QED) is 0.502. The van der Waals surface area contributed by atoms with Crippen molar-refractivity contribution in [3.05, 3.63) is 70.4 Å². The van der Waals surface area contributed by atoms with Gasteiger partial charge in [0, 0.05) is 17.5 Å². The van der Waals surface area contributed by atoms with Crippen molar-refractivity contribution in [3.63, 3.8) is 0 Å². The highest BCUT2D eigenvalue weighted by molar-refractivity contribution is 5.79. The Morgan fingerprint density at radius 1 is 1.06 bits per heavy atom. The van der Waals surface area contributed by atoms with E-state index in [1.54, 1.807) is 18.2 Å². The largest absolute Gasteiger partial charge is 0.493 e. The lowest BCUT2D eigenvalue weighted by Gasteiger charge is -2.16. The second kappa shape index (κ2) is 9.64. The summed E-state index contributed by atoms with van der Waals surface area (Å²) in [4.78, 5) is 3.21. The Morgan fingerprint density at radius 2 is 1.85 bits per heavy atom. The van der Waals surface area contributed by atoms with Crippen LogP contribution in [0.3, 0.4) is 0 Å². The second-order valence-electron chi connectivity index (χ2n) is 8.27. The van der Waals surface area contributed by atoms with Gasteiger partial charge >= 0.3 is 6.18 Å². The summed E-state index contributed by atoms with van der Waals surface area (Å²) < 4.78 is 50.3. The molecule has 0 aliphatic heterocycles. The molecule has 176 valence electrons. The van der Waals surface area contributed by atoms with Gasteiger partial charge in [-0.15, -0.1) is 0 Å². The van der Waals surface area contributed by atoms with Crippen molar-refractivity contribution in [2.45, 2.75) is 44.9 Å². The number of pyridine rings is 1. The van der Waals surface area contributed by atoms with Crippen LogP contribution in [0.2, 0.25) is 0 Å². The lowest BCUT2D eigenvalue weighted by molar-refractivity contribution is -0.373. The van der Waals surface area contributed by atoms with Crippen molar-refractivity contribution < 1.29 is 27.6 Å². The van der Waals surface area contributed by atoms with Crippen molar-refractivity contribution in [2.75, 3.05) is 12.8 Å². The molecule has 8 heteroatoms. The van der Waals surface area contributed by atoms with E-state index in [4.69, 9.17) is 15.2 Å². The van der Waals surface area contributed by atoms with Crippen LogP contribution >= 0.6 is 0 Å². The molecule has 1 aliphatic carbocycles. The average Bonchev–Trinajstić information content (AvgIpc) is 3.06. The summed E-state index contributed by atoms with van der Waals surface area (Å²) in [5.41, 5.74) is 9.95. The first-order valence-corrected chi connectivity index (χ1v) is 11.1. The zero-order valence-corrected chi connectivity index (χ0v) is 18.8. The van der Waals surface area contributed by atoms with Crippen LogP contribution in [0.4, 0.5) is 19.0 Å². The fourth-order valence-corrected chi connectivity index (χ4v) is 4.38. The number of hydrogen-bond acceptors (Lipinski definition) is 4. The molecule has 1 aromatic heterocycles. The Morgan fingerprint density at radius 3 is 2.59 bits per heavy atom. The van der Waals surface area contributed by atoms with Gasteiger partial charge in [-0.1, -0.05) is 24.6 Å². The Hall–Kier alpha value is -3.73. The number of nitrogens with zero attached hydrogens (tertiary/aromatic N) is 1. The van der Waals surface area contributed by atoms with Gasteiger partial charge in [0.25, 0.3) is 5.82 Å². The fraction of sp³-hybridized carbons (Fsp3) is 0.308. The van der Waals surface area contributed by atoms with E-state index in [-0.39, 0.29) is 6.61 Å². The third-order valence-electron chi connectivity index (χ3n) is 6.04. The van der Waals surface area contributed by atoms with Crippen LogP contribution in [0.5, 0.6) is 11.5 Å². The number of H-pyrrole nitrogens is 1. The number of halogens is 3. The maximum absolute atomic E-state index is 13.0. The summed E-state index contributed by atoms with van der Waals surface area (Å²) in [5.74, 6) is 1.15. The van der Waals surface area contributed by atoms with Gasteiger partial charge in [-0.3, -0.25) is 5.73 Å². The van der Waals surface area contributed by atoms with Crippen LogP contribution in [0.25, 0.3) is 11.1 Å². The minimum Gasteiger partial charge on any atom is -0.493 e. The van der Waals surface area contributed by atoms with Gasteiger partial charge < -0.3 is 9.47 Å². The summed E-state index contributed by atoms with van der Waals surface area (Å²) in [7, 11) is 1.50. The Balaban J connectivity index is 1.68. The highest BCUT2D eigenvalue weighted by atomic mass is 19.4. The third kappa shape index (κ3) is 4.79. The van der Waals surface area contributed by atoms with E-state index in [1.165, 1.54) is 13.2 Å². The van der Waals surface area contributed by atoms with E-state index in [0.29, 0.717) is 28.4 Å². The molecule has 1 aliphatic rings. The van der Waals surface area contributed by atoms with E-state index in [2.05, 4.69) is 11.1 Å². The van der Waals surface area contributed by atoms with Crippen LogP contribution in [0, 0.1) is 11.3 Å². The molecule has 0 spiro atoms. The predicted octanol–water partition coefficient (Wildman–Crippen LogP) is 5.50. The van der Waals surface area contributed by atoms with Crippen molar-refractivity contribution >= 4 is 5.82 Å². The monoisotopic (exact) mass is 468 g/mol. The van der Waals surface area contributed by atoms with Gasteiger partial charge in [0.05, 0.1) is 12.7 Å². The number of nitrogens with one attached hydrogen (secondary N) is 1. The summed E-state index contributed by atoms with van der Waals surface area (Å²) in [6.45, 7) is -0.0499. The average molecular weight is 468 g/mol. The molecule has 0 amide bonds. The smallest absolute Gasteiger partial charge is 0.416 e. The fourth-order valence-electron chi connectivity index (χ4n) is 4.38. The maximum Gasteiger partial charge on any atom is 0.416 e. The first-order chi connectivity index (χ1) is 16.3. The van der Waals surface area contributed by atoms with Gasteiger partial charge in [0.1, 0.15) is 23.9 Å². The van der Waals surface area contributed by atoms with Crippen LogP contribution < -0.4 is 20.2 Å². The number of nitrogen functional groups attached to an aromatic ring is 1. The van der Waals surface area contributed by atoms with Gasteiger partial charge in [0.15, 0.2) is 11.5 Å². The number of aryl methyl sites for hydroxylation is 1. The SMILES string of the molecule is COc1cc(-c2c(C#N)c(N)[nH+]c3c2CCCCC3)ccc1OCc1cccc(C(F)(F)F)c1. The molecule has 0 saturated heterocycles. The van der Waals surface area contributed by atoms with Crippen LogP contribution in [0.15, 0.2) is 42.5 Å². The van der Waals surface area contributed by atoms with E-state index in [9.17, 15) is 18.4 Å². The van der Waals surface area contributed by atoms with E-state index < -0.39 is 11.7 Å². The first kappa shape index (κ1) is 23.4. The van der Waals surface area contributed by atoms with Crippen LogP contribution in [-0.4, -0.2) is 7.11 Å². The lowest BCUT2D eigenvalue weighted by Crippen LogP contribution is -2.21. The molecular formula is C26H25F3N3O2+. The zero-order valence-electron chi connectivity index (χ0n) is 18.8. The Kier molecular flexibility index (Phi) is 6.64. The minimum absolute atomic E-state index is 0.0499. The normalized spacial score (nSPS) is 13.5. The van der Waals surface area contributed by atoms with Crippen LogP contribution in [0.1, 0.15) is 47.2 Å². The number of rotatable bonds is 5. The van der Waals surface area contributed by atoms with Gasteiger partial charge in [-0.25, -0.2) is 4.98 Å². The van der Waals surface area contributed by atoms with Crippen molar-refractivity contribution in [1.29, 1.82) is 5.26 Å². The Labute approximate surface area is 196 Å². The molecule has 0 bridgehead atoms. The van der Waals surface area contributed by atoms with Gasteiger partial charge in [-0.05, 0) is 54.7 Å². The molecule has 0 saturated carbocycles. The lowest BCUT2D eigenvalue weighted by atomic mass is 9.91. The molecule has 34 heavy (non-hydrogen) atoms. The number of benzene rings is 2. The number of fused-ring (bicyclic) bond motifs is 1. The highest BCUT2D eigenvalue weighted by Crippen LogP contribution is 2.38. The molecule has 0 atom stereocenters. The van der Waals surface area contributed by atoms with Crippen molar-refractivity contribution in [1.82, 2.24) is 0 Å². The minimum atomic E-state index is -4.42. The summed E-state index contributed by atoms with van der Waals surface area (Å²) >= 11 is 0. The first-order valence-electron chi connectivity index (χ1n) is 11.1. The number of aromatic amines is 1. The molecule has 4 rings (SSSR count). The maximum atomic E-state index is 13.0. The zero-order chi connectivity index (χ0) is 24.3. The number of aromatic nitrogens is 1.